The highest BCUT2D eigenvalue weighted by molar-refractivity contribution is 7.16. The van der Waals surface area contributed by atoms with Crippen molar-refractivity contribution in [3.63, 3.8) is 0 Å². The highest BCUT2D eigenvalue weighted by Gasteiger charge is 2.27. The average Bonchev–Trinajstić information content (AvgIpc) is 3.47. The summed E-state index contributed by atoms with van der Waals surface area (Å²) in [5.41, 5.74) is 5.23. The van der Waals surface area contributed by atoms with Crippen LogP contribution >= 0.6 is 22.7 Å². The number of aryl methyl sites for hydroxylation is 2. The smallest absolute Gasteiger partial charge is 0.186 e. The number of thiazole rings is 2. The van der Waals surface area contributed by atoms with E-state index >= 15 is 0 Å². The Hall–Kier alpha value is -1.48. The number of aromatic nitrogens is 2. The molecular formula is C21H28N4O2S2. The lowest BCUT2D eigenvalue weighted by Gasteiger charge is -2.26. The number of anilines is 2. The van der Waals surface area contributed by atoms with Gasteiger partial charge in [0.25, 0.3) is 0 Å². The average molecular weight is 433 g/mol. The van der Waals surface area contributed by atoms with E-state index in [1.807, 2.05) is 22.7 Å². The number of hydrogen-bond donors (Lipinski definition) is 0. The Morgan fingerprint density at radius 3 is 1.52 bits per heavy atom. The largest absolute Gasteiger partial charge is 0.378 e. The summed E-state index contributed by atoms with van der Waals surface area (Å²) >= 11 is 3.64. The van der Waals surface area contributed by atoms with E-state index in [0.29, 0.717) is 0 Å². The summed E-state index contributed by atoms with van der Waals surface area (Å²) in [6.07, 6.45) is 3.40. The predicted octanol–water partition coefficient (Wildman–Crippen LogP) is 3.98. The summed E-state index contributed by atoms with van der Waals surface area (Å²) in [6, 6.07) is 0. The van der Waals surface area contributed by atoms with E-state index in [0.717, 1.165) is 75.7 Å². The Morgan fingerprint density at radius 2 is 1.10 bits per heavy atom. The minimum absolute atomic E-state index is 0.796. The standard InChI is InChI=1S/C21H28N4O2S2/c1-14-18(22-20(28-14)24-6-10-26-11-7-24)16-4-3-5-17(16)19-15(2)29-21(23-19)25-8-12-27-13-9-25/h3-13H2,1-2H3. The Bertz CT molecular complexity index is 836. The van der Waals surface area contributed by atoms with Gasteiger partial charge in [-0.15, -0.1) is 22.7 Å². The van der Waals surface area contributed by atoms with E-state index in [1.54, 1.807) is 0 Å². The van der Waals surface area contributed by atoms with Gasteiger partial charge in [-0.3, -0.25) is 0 Å². The van der Waals surface area contributed by atoms with Crippen molar-refractivity contribution in [3.8, 4) is 0 Å². The van der Waals surface area contributed by atoms with Crippen LogP contribution in [0.2, 0.25) is 0 Å². The molecule has 0 saturated carbocycles. The molecule has 0 N–H and O–H groups in total. The van der Waals surface area contributed by atoms with E-state index < -0.39 is 0 Å². The summed E-state index contributed by atoms with van der Waals surface area (Å²) in [5, 5.41) is 2.28. The Kier molecular flexibility index (Phi) is 5.60. The molecule has 0 atom stereocenters. The molecule has 2 aromatic heterocycles. The van der Waals surface area contributed by atoms with E-state index in [4.69, 9.17) is 19.4 Å². The van der Waals surface area contributed by atoms with Crippen LogP contribution in [0, 0.1) is 13.8 Å². The zero-order chi connectivity index (χ0) is 19.8. The summed E-state index contributed by atoms with van der Waals surface area (Å²) < 4.78 is 11.0. The first-order chi connectivity index (χ1) is 14.2. The molecule has 2 aromatic rings. The monoisotopic (exact) mass is 432 g/mol. The second-order valence-electron chi connectivity index (χ2n) is 7.81. The van der Waals surface area contributed by atoms with Crippen molar-refractivity contribution in [2.24, 2.45) is 0 Å². The van der Waals surface area contributed by atoms with Gasteiger partial charge < -0.3 is 19.3 Å². The van der Waals surface area contributed by atoms with E-state index in [1.165, 1.54) is 38.7 Å². The number of rotatable bonds is 4. The maximum absolute atomic E-state index is 5.51. The molecule has 0 amide bonds. The molecule has 156 valence electrons. The predicted molar refractivity (Wildman–Crippen MR) is 120 cm³/mol. The topological polar surface area (TPSA) is 50.7 Å². The Morgan fingerprint density at radius 1 is 0.690 bits per heavy atom. The van der Waals surface area contributed by atoms with Gasteiger partial charge in [-0.25, -0.2) is 9.97 Å². The molecule has 1 aliphatic carbocycles. The van der Waals surface area contributed by atoms with Crippen molar-refractivity contribution in [2.45, 2.75) is 33.1 Å². The third kappa shape index (κ3) is 3.83. The fourth-order valence-corrected chi connectivity index (χ4v) is 6.35. The quantitative estimate of drug-likeness (QED) is 0.728. The normalized spacial score (nSPS) is 20.8. The van der Waals surface area contributed by atoms with E-state index in [9.17, 15) is 0 Å². The second-order valence-corrected chi connectivity index (χ2v) is 10.2. The van der Waals surface area contributed by atoms with Crippen molar-refractivity contribution in [1.82, 2.24) is 9.97 Å². The zero-order valence-corrected chi connectivity index (χ0v) is 18.8. The molecule has 3 aliphatic rings. The minimum Gasteiger partial charge on any atom is -0.378 e. The Labute approximate surface area is 180 Å². The van der Waals surface area contributed by atoms with Gasteiger partial charge in [0.1, 0.15) is 0 Å². The van der Waals surface area contributed by atoms with Crippen LogP contribution < -0.4 is 9.80 Å². The maximum Gasteiger partial charge on any atom is 0.186 e. The molecule has 5 rings (SSSR count). The SMILES string of the molecule is Cc1sc(N2CCOCC2)nc1C1=C(c2nc(N3CCOCC3)sc2C)CCC1. The molecule has 0 aromatic carbocycles. The summed E-state index contributed by atoms with van der Waals surface area (Å²) in [5.74, 6) is 0. The third-order valence-corrected chi connectivity index (χ3v) is 7.99. The van der Waals surface area contributed by atoms with Crippen LogP contribution in [-0.2, 0) is 9.47 Å². The molecule has 0 spiro atoms. The molecule has 0 bridgehead atoms. The highest BCUT2D eigenvalue weighted by Crippen LogP contribution is 2.44. The molecule has 0 radical (unpaired) electrons. The number of hydrogen-bond acceptors (Lipinski definition) is 8. The lowest BCUT2D eigenvalue weighted by Crippen LogP contribution is -2.36. The van der Waals surface area contributed by atoms with Gasteiger partial charge >= 0.3 is 0 Å². The summed E-state index contributed by atoms with van der Waals surface area (Å²) in [4.78, 5) is 17.6. The summed E-state index contributed by atoms with van der Waals surface area (Å²) in [7, 11) is 0. The van der Waals surface area contributed by atoms with Crippen LogP contribution in [0.15, 0.2) is 0 Å². The molecule has 2 saturated heterocycles. The first-order valence-corrected chi connectivity index (χ1v) is 12.2. The van der Waals surface area contributed by atoms with E-state index in [-0.39, 0.29) is 0 Å². The third-order valence-electron chi connectivity index (χ3n) is 5.92. The van der Waals surface area contributed by atoms with Crippen molar-refractivity contribution in [3.05, 3.63) is 21.1 Å². The molecule has 0 unspecified atom stereocenters. The molecule has 8 heteroatoms. The number of allylic oxidation sites excluding steroid dienone is 2. The molecule has 6 nitrogen and oxygen atoms in total. The lowest BCUT2D eigenvalue weighted by atomic mass is 10.0. The van der Waals surface area contributed by atoms with Crippen LogP contribution in [-0.4, -0.2) is 62.6 Å². The van der Waals surface area contributed by atoms with Crippen molar-refractivity contribution in [1.29, 1.82) is 0 Å². The zero-order valence-electron chi connectivity index (χ0n) is 17.2. The first kappa shape index (κ1) is 19.5. The molecule has 29 heavy (non-hydrogen) atoms. The van der Waals surface area contributed by atoms with Gasteiger partial charge in [0, 0.05) is 35.9 Å². The van der Waals surface area contributed by atoms with Crippen molar-refractivity contribution >= 4 is 44.1 Å². The highest BCUT2D eigenvalue weighted by atomic mass is 32.1. The molecule has 2 fully saturated rings. The number of nitrogens with zero attached hydrogens (tertiary/aromatic N) is 4. The van der Waals surface area contributed by atoms with Gasteiger partial charge in [-0.2, -0.15) is 0 Å². The van der Waals surface area contributed by atoms with Gasteiger partial charge in [0.15, 0.2) is 10.3 Å². The lowest BCUT2D eigenvalue weighted by molar-refractivity contribution is 0.122. The number of ether oxygens (including phenoxy) is 2. The maximum atomic E-state index is 5.51. The van der Waals surface area contributed by atoms with Gasteiger partial charge in [0.2, 0.25) is 0 Å². The molecular weight excluding hydrogens is 404 g/mol. The van der Waals surface area contributed by atoms with Gasteiger partial charge in [0.05, 0.1) is 37.8 Å². The molecule has 4 heterocycles. The van der Waals surface area contributed by atoms with Crippen LogP contribution in [0.4, 0.5) is 10.3 Å². The van der Waals surface area contributed by atoms with Gasteiger partial charge in [-0.05, 0) is 44.3 Å². The first-order valence-electron chi connectivity index (χ1n) is 10.5. The van der Waals surface area contributed by atoms with Crippen LogP contribution in [0.3, 0.4) is 0 Å². The second kappa shape index (κ2) is 8.34. The van der Waals surface area contributed by atoms with Crippen molar-refractivity contribution in [2.75, 3.05) is 62.4 Å². The van der Waals surface area contributed by atoms with Crippen LogP contribution in [0.5, 0.6) is 0 Å². The fourth-order valence-electron chi connectivity index (χ4n) is 4.37. The van der Waals surface area contributed by atoms with Gasteiger partial charge in [-0.1, -0.05) is 0 Å². The Balaban J connectivity index is 1.47. The van der Waals surface area contributed by atoms with Crippen LogP contribution in [0.1, 0.15) is 40.4 Å². The minimum atomic E-state index is 0.796. The number of morpholine rings is 2. The summed E-state index contributed by atoms with van der Waals surface area (Å²) in [6.45, 7) is 11.4. The molecule has 2 aliphatic heterocycles. The van der Waals surface area contributed by atoms with Crippen molar-refractivity contribution < 1.29 is 9.47 Å². The van der Waals surface area contributed by atoms with E-state index in [2.05, 4.69) is 23.6 Å². The fraction of sp³-hybridized carbons (Fsp3) is 0.619. The van der Waals surface area contributed by atoms with Crippen LogP contribution in [0.25, 0.3) is 11.1 Å².